The van der Waals surface area contributed by atoms with Gasteiger partial charge in [-0.2, -0.15) is 0 Å². The van der Waals surface area contributed by atoms with Crippen LogP contribution in [0.4, 0.5) is 11.4 Å². The predicted molar refractivity (Wildman–Crippen MR) is 79.9 cm³/mol. The molecule has 1 aliphatic rings. The first-order valence-corrected chi connectivity index (χ1v) is 6.62. The van der Waals surface area contributed by atoms with E-state index in [-0.39, 0.29) is 12.5 Å². The average molecular weight is 279 g/mol. The molecule has 1 aromatic rings. The van der Waals surface area contributed by atoms with E-state index >= 15 is 0 Å². The molecule has 102 valence electrons. The summed E-state index contributed by atoms with van der Waals surface area (Å²) < 4.78 is 5.43. The first-order valence-electron chi connectivity index (χ1n) is 6.21. The summed E-state index contributed by atoms with van der Waals surface area (Å²) in [5.41, 5.74) is 1.62. The fourth-order valence-corrected chi connectivity index (χ4v) is 2.06. The van der Waals surface area contributed by atoms with E-state index in [1.165, 1.54) is 0 Å². The molecule has 1 heterocycles. The first-order chi connectivity index (χ1) is 9.15. The molecule has 2 rings (SSSR count). The molecule has 0 aromatic heterocycles. The Hall–Kier alpha value is -1.82. The van der Waals surface area contributed by atoms with Gasteiger partial charge in [-0.05, 0) is 36.8 Å². The maximum absolute atomic E-state index is 11.9. The monoisotopic (exact) mass is 279 g/mol. The van der Waals surface area contributed by atoms with Crippen molar-refractivity contribution in [2.24, 2.45) is 0 Å². The van der Waals surface area contributed by atoms with Crippen molar-refractivity contribution in [2.45, 2.75) is 13.3 Å². The number of rotatable bonds is 3. The van der Waals surface area contributed by atoms with E-state index in [1.54, 1.807) is 11.9 Å². The van der Waals surface area contributed by atoms with Crippen molar-refractivity contribution in [3.8, 4) is 5.75 Å². The summed E-state index contributed by atoms with van der Waals surface area (Å²) in [6, 6.07) is 5.61. The Bertz CT molecular complexity index is 505. The lowest BCUT2D eigenvalue weighted by atomic mass is 10.2. The molecule has 1 amide bonds. The van der Waals surface area contributed by atoms with Gasteiger partial charge < -0.3 is 20.3 Å². The van der Waals surface area contributed by atoms with Gasteiger partial charge in [0, 0.05) is 19.3 Å². The number of carbonyl (C=O) groups excluding carboxylic acids is 1. The van der Waals surface area contributed by atoms with Crippen molar-refractivity contribution in [2.75, 3.05) is 30.4 Å². The van der Waals surface area contributed by atoms with Crippen LogP contribution in [0.5, 0.6) is 5.75 Å². The number of hydrogen-bond donors (Lipinski definition) is 2. The number of benzene rings is 1. The minimum Gasteiger partial charge on any atom is -0.482 e. The standard InChI is InChI=1S/C13H17N3O2S/c1-3-6-16-10-7-9(15-13(19)14-2)4-5-11(10)18-8-12(16)17/h4-5,7H,3,6,8H2,1-2H3,(H2,14,15,19). The SMILES string of the molecule is CCCN1C(=O)COc2ccc(NC(=S)NC)cc21. The van der Waals surface area contributed by atoms with Crippen molar-refractivity contribution >= 4 is 34.6 Å². The highest BCUT2D eigenvalue weighted by Gasteiger charge is 2.24. The normalized spacial score (nSPS) is 13.6. The summed E-state index contributed by atoms with van der Waals surface area (Å²) in [6.45, 7) is 2.84. The fraction of sp³-hybridized carbons (Fsp3) is 0.385. The molecule has 0 unspecified atom stereocenters. The van der Waals surface area contributed by atoms with Crippen LogP contribution in [-0.4, -0.2) is 31.2 Å². The number of anilines is 2. The summed E-state index contributed by atoms with van der Waals surface area (Å²) in [5.74, 6) is 0.719. The lowest BCUT2D eigenvalue weighted by molar-refractivity contribution is -0.121. The molecule has 1 aromatic carbocycles. The molecule has 0 saturated carbocycles. The number of carbonyl (C=O) groups is 1. The molecular weight excluding hydrogens is 262 g/mol. The smallest absolute Gasteiger partial charge is 0.265 e. The second kappa shape index (κ2) is 5.88. The van der Waals surface area contributed by atoms with Gasteiger partial charge in [-0.1, -0.05) is 6.92 Å². The molecule has 5 nitrogen and oxygen atoms in total. The summed E-state index contributed by atoms with van der Waals surface area (Å²) in [6.07, 6.45) is 0.901. The predicted octanol–water partition coefficient (Wildman–Crippen LogP) is 1.74. The number of nitrogens with zero attached hydrogens (tertiary/aromatic N) is 1. The first kappa shape index (κ1) is 13.6. The zero-order chi connectivity index (χ0) is 13.8. The van der Waals surface area contributed by atoms with Crippen LogP contribution < -0.4 is 20.3 Å². The summed E-state index contributed by atoms with van der Waals surface area (Å²) in [5, 5.41) is 6.43. The van der Waals surface area contributed by atoms with E-state index in [9.17, 15) is 4.79 Å². The molecular formula is C13H17N3O2S. The van der Waals surface area contributed by atoms with Gasteiger partial charge in [0.1, 0.15) is 5.75 Å². The number of hydrogen-bond acceptors (Lipinski definition) is 3. The van der Waals surface area contributed by atoms with Crippen LogP contribution in [0.1, 0.15) is 13.3 Å². The van der Waals surface area contributed by atoms with E-state index < -0.39 is 0 Å². The van der Waals surface area contributed by atoms with E-state index in [0.29, 0.717) is 11.7 Å². The topological polar surface area (TPSA) is 53.6 Å². The molecule has 0 fully saturated rings. The van der Waals surface area contributed by atoms with Crippen LogP contribution in [-0.2, 0) is 4.79 Å². The van der Waals surface area contributed by atoms with Crippen molar-refractivity contribution in [1.82, 2.24) is 5.32 Å². The van der Waals surface area contributed by atoms with E-state index in [4.69, 9.17) is 17.0 Å². The number of fused-ring (bicyclic) bond motifs is 1. The number of nitrogens with one attached hydrogen (secondary N) is 2. The van der Waals surface area contributed by atoms with Crippen LogP contribution in [0.3, 0.4) is 0 Å². The third-order valence-corrected chi connectivity index (χ3v) is 3.14. The molecule has 0 saturated heterocycles. The fourth-order valence-electron chi connectivity index (χ4n) is 1.94. The van der Waals surface area contributed by atoms with Gasteiger partial charge in [0.05, 0.1) is 5.69 Å². The van der Waals surface area contributed by atoms with Gasteiger partial charge >= 0.3 is 0 Å². The van der Waals surface area contributed by atoms with Gasteiger partial charge in [0.2, 0.25) is 0 Å². The largest absolute Gasteiger partial charge is 0.482 e. The van der Waals surface area contributed by atoms with Crippen molar-refractivity contribution in [1.29, 1.82) is 0 Å². The van der Waals surface area contributed by atoms with Crippen LogP contribution in [0.2, 0.25) is 0 Å². The Labute approximate surface area is 117 Å². The molecule has 0 atom stereocenters. The van der Waals surface area contributed by atoms with Gasteiger partial charge in [-0.3, -0.25) is 4.79 Å². The van der Waals surface area contributed by atoms with Crippen molar-refractivity contribution in [3.05, 3.63) is 18.2 Å². The van der Waals surface area contributed by atoms with Gasteiger partial charge in [0.15, 0.2) is 11.7 Å². The summed E-state index contributed by atoms with van der Waals surface area (Å²) in [4.78, 5) is 13.6. The minimum absolute atomic E-state index is 0.0114. The van der Waals surface area contributed by atoms with Gasteiger partial charge in [-0.15, -0.1) is 0 Å². The third kappa shape index (κ3) is 2.96. The second-order valence-corrected chi connectivity index (χ2v) is 4.63. The Kier molecular flexibility index (Phi) is 4.21. The average Bonchev–Trinajstić information content (AvgIpc) is 2.42. The zero-order valence-corrected chi connectivity index (χ0v) is 11.8. The Morgan fingerprint density at radius 3 is 3.00 bits per heavy atom. The minimum atomic E-state index is -0.0114. The molecule has 0 aliphatic carbocycles. The summed E-state index contributed by atoms with van der Waals surface area (Å²) in [7, 11) is 1.75. The highest BCUT2D eigenvalue weighted by Crippen LogP contribution is 2.34. The second-order valence-electron chi connectivity index (χ2n) is 4.22. The quantitative estimate of drug-likeness (QED) is 0.825. The van der Waals surface area contributed by atoms with Crippen LogP contribution in [0, 0.1) is 0 Å². The molecule has 0 bridgehead atoms. The van der Waals surface area contributed by atoms with E-state index in [2.05, 4.69) is 10.6 Å². The number of ether oxygens (including phenoxy) is 1. The zero-order valence-electron chi connectivity index (χ0n) is 11.0. The molecule has 2 N–H and O–H groups in total. The van der Waals surface area contributed by atoms with Gasteiger partial charge in [0.25, 0.3) is 5.91 Å². The van der Waals surface area contributed by atoms with Gasteiger partial charge in [-0.25, -0.2) is 0 Å². The molecule has 1 aliphatic heterocycles. The van der Waals surface area contributed by atoms with Crippen LogP contribution >= 0.6 is 12.2 Å². The maximum atomic E-state index is 11.9. The molecule has 6 heteroatoms. The van der Waals surface area contributed by atoms with E-state index in [0.717, 1.165) is 23.5 Å². The van der Waals surface area contributed by atoms with Crippen molar-refractivity contribution < 1.29 is 9.53 Å². The molecule has 0 radical (unpaired) electrons. The number of thiocarbonyl (C=S) groups is 1. The van der Waals surface area contributed by atoms with Crippen molar-refractivity contribution in [3.63, 3.8) is 0 Å². The Morgan fingerprint density at radius 2 is 2.32 bits per heavy atom. The maximum Gasteiger partial charge on any atom is 0.265 e. The number of amides is 1. The Balaban J connectivity index is 2.30. The van der Waals surface area contributed by atoms with Crippen LogP contribution in [0.15, 0.2) is 18.2 Å². The lowest BCUT2D eigenvalue weighted by Crippen LogP contribution is -2.39. The lowest BCUT2D eigenvalue weighted by Gasteiger charge is -2.29. The van der Waals surface area contributed by atoms with E-state index in [1.807, 2.05) is 25.1 Å². The molecule has 19 heavy (non-hydrogen) atoms. The highest BCUT2D eigenvalue weighted by atomic mass is 32.1. The highest BCUT2D eigenvalue weighted by molar-refractivity contribution is 7.80. The van der Waals surface area contributed by atoms with Crippen LogP contribution in [0.25, 0.3) is 0 Å². The molecule has 0 spiro atoms. The Morgan fingerprint density at radius 1 is 1.53 bits per heavy atom. The third-order valence-electron chi connectivity index (χ3n) is 2.83. The summed E-state index contributed by atoms with van der Waals surface area (Å²) >= 11 is 5.06.